The summed E-state index contributed by atoms with van der Waals surface area (Å²) in [7, 11) is -2.75. The molecule has 0 aliphatic rings. The highest BCUT2D eigenvalue weighted by atomic mass is 32.2. The van der Waals surface area contributed by atoms with E-state index >= 15 is 0 Å². The van der Waals surface area contributed by atoms with Gasteiger partial charge >= 0.3 is 0 Å². The Kier molecular flexibility index (Phi) is 6.73. The second-order valence-electron chi connectivity index (χ2n) is 8.01. The van der Waals surface area contributed by atoms with Crippen molar-refractivity contribution in [2.24, 2.45) is 0 Å². The summed E-state index contributed by atoms with van der Waals surface area (Å²) in [6.45, 7) is 8.49. The van der Waals surface area contributed by atoms with Gasteiger partial charge in [0.25, 0.3) is 8.32 Å². The van der Waals surface area contributed by atoms with Gasteiger partial charge in [0.1, 0.15) is 11.1 Å². The molecule has 3 rings (SSSR count). The topological polar surface area (TPSA) is 39.2 Å². The lowest BCUT2D eigenvalue weighted by Crippen LogP contribution is -2.68. The molecule has 0 N–H and O–H groups in total. The number of thioether (sulfide) groups is 1. The normalized spacial score (nSPS) is 13.1. The number of nitrogens with zero attached hydrogens (tertiary/aromatic N) is 1. The van der Waals surface area contributed by atoms with E-state index in [1.54, 1.807) is 6.20 Å². The Hall–Kier alpha value is -2.21. The van der Waals surface area contributed by atoms with E-state index in [9.17, 15) is 4.79 Å². The van der Waals surface area contributed by atoms with Gasteiger partial charge in [-0.3, -0.25) is 4.79 Å². The molecule has 0 bridgehead atoms. The van der Waals surface area contributed by atoms with E-state index in [1.807, 2.05) is 61.5 Å². The van der Waals surface area contributed by atoms with Crippen molar-refractivity contribution in [1.82, 2.24) is 4.98 Å². The quantitative estimate of drug-likeness (QED) is 0.428. The summed E-state index contributed by atoms with van der Waals surface area (Å²) in [6, 6.07) is 26.3. The zero-order chi connectivity index (χ0) is 20.9. The predicted octanol–water partition coefficient (Wildman–Crippen LogP) is 4.67. The Morgan fingerprint density at radius 3 is 1.86 bits per heavy atom. The first kappa shape index (κ1) is 21.5. The standard InChI is InChI=1S/C24H27NO2SSi/c1-19(23(26)28-22-17-11-12-18-25-22)27-29(24(2,3)4,20-13-7-5-8-14-20)21-15-9-6-10-16-21/h5-19H,1-4H3. The fourth-order valence-electron chi connectivity index (χ4n) is 3.60. The highest BCUT2D eigenvalue weighted by molar-refractivity contribution is 8.13. The van der Waals surface area contributed by atoms with Crippen LogP contribution in [0.5, 0.6) is 0 Å². The van der Waals surface area contributed by atoms with Crippen LogP contribution in [0.1, 0.15) is 27.7 Å². The minimum absolute atomic E-state index is 0.0308. The van der Waals surface area contributed by atoms with Crippen molar-refractivity contribution in [2.75, 3.05) is 0 Å². The molecular formula is C24H27NO2SSi. The minimum Gasteiger partial charge on any atom is -0.397 e. The van der Waals surface area contributed by atoms with Gasteiger partial charge in [0, 0.05) is 6.20 Å². The number of aromatic nitrogens is 1. The van der Waals surface area contributed by atoms with Crippen LogP contribution in [-0.2, 0) is 9.22 Å². The number of carbonyl (C=O) groups excluding carboxylic acids is 1. The van der Waals surface area contributed by atoms with Gasteiger partial charge in [0.05, 0.1) is 0 Å². The molecule has 29 heavy (non-hydrogen) atoms. The van der Waals surface area contributed by atoms with Crippen molar-refractivity contribution in [3.63, 3.8) is 0 Å². The smallest absolute Gasteiger partial charge is 0.262 e. The zero-order valence-corrected chi connectivity index (χ0v) is 19.1. The molecule has 5 heteroatoms. The van der Waals surface area contributed by atoms with Crippen LogP contribution < -0.4 is 10.4 Å². The highest BCUT2D eigenvalue weighted by Gasteiger charge is 2.51. The van der Waals surface area contributed by atoms with E-state index in [1.165, 1.54) is 10.4 Å². The average molecular weight is 422 g/mol. The van der Waals surface area contributed by atoms with E-state index in [4.69, 9.17) is 4.43 Å². The van der Waals surface area contributed by atoms with E-state index < -0.39 is 14.4 Å². The number of hydrogen-bond acceptors (Lipinski definition) is 4. The van der Waals surface area contributed by atoms with E-state index in [2.05, 4.69) is 50.0 Å². The highest BCUT2D eigenvalue weighted by Crippen LogP contribution is 2.38. The molecule has 150 valence electrons. The molecule has 1 atom stereocenters. The third-order valence-corrected chi connectivity index (χ3v) is 11.0. The molecule has 1 unspecified atom stereocenters. The van der Waals surface area contributed by atoms with Crippen molar-refractivity contribution in [2.45, 2.75) is 43.9 Å². The van der Waals surface area contributed by atoms with Crippen molar-refractivity contribution in [3.8, 4) is 0 Å². The van der Waals surface area contributed by atoms with Crippen LogP contribution in [0.3, 0.4) is 0 Å². The summed E-state index contributed by atoms with van der Waals surface area (Å²) >= 11 is 1.14. The third-order valence-electron chi connectivity index (χ3n) is 4.95. The molecule has 3 aromatic rings. The molecule has 1 aromatic heterocycles. The van der Waals surface area contributed by atoms with Crippen molar-refractivity contribution >= 4 is 35.6 Å². The average Bonchev–Trinajstić information content (AvgIpc) is 2.73. The summed E-state index contributed by atoms with van der Waals surface area (Å²) in [6.07, 6.45) is 1.14. The molecule has 3 nitrogen and oxygen atoms in total. The number of rotatable bonds is 6. The van der Waals surface area contributed by atoms with Gasteiger partial charge in [-0.15, -0.1) is 0 Å². The summed E-state index contributed by atoms with van der Waals surface area (Å²) in [4.78, 5) is 17.3. The molecule has 0 amide bonds. The van der Waals surface area contributed by atoms with Crippen LogP contribution in [-0.4, -0.2) is 24.5 Å². The predicted molar refractivity (Wildman–Crippen MR) is 123 cm³/mol. The van der Waals surface area contributed by atoms with Crippen LogP contribution in [0.15, 0.2) is 90.1 Å². The fourth-order valence-corrected chi connectivity index (χ4v) is 9.02. The maximum absolute atomic E-state index is 13.0. The van der Waals surface area contributed by atoms with Gasteiger partial charge < -0.3 is 4.43 Å². The summed E-state index contributed by atoms with van der Waals surface area (Å²) in [5.41, 5.74) is 0. The minimum atomic E-state index is -2.75. The Morgan fingerprint density at radius 2 is 1.41 bits per heavy atom. The maximum atomic E-state index is 13.0. The van der Waals surface area contributed by atoms with E-state index in [-0.39, 0.29) is 10.2 Å². The molecule has 1 heterocycles. The molecule has 2 aromatic carbocycles. The maximum Gasteiger partial charge on any atom is 0.262 e. The molecule has 0 radical (unpaired) electrons. The summed E-state index contributed by atoms with van der Waals surface area (Å²) in [5, 5.41) is 2.83. The first-order valence-corrected chi connectivity index (χ1v) is 12.5. The third kappa shape index (κ3) is 4.69. The first-order chi connectivity index (χ1) is 13.8. The second-order valence-corrected chi connectivity index (χ2v) is 13.3. The van der Waals surface area contributed by atoms with Gasteiger partial charge in [-0.1, -0.05) is 87.5 Å². The van der Waals surface area contributed by atoms with Crippen molar-refractivity contribution < 1.29 is 9.22 Å². The molecule has 0 saturated carbocycles. The lowest BCUT2D eigenvalue weighted by atomic mass is 10.2. The fraction of sp³-hybridized carbons (Fsp3) is 0.250. The monoisotopic (exact) mass is 421 g/mol. The zero-order valence-electron chi connectivity index (χ0n) is 17.3. The summed E-state index contributed by atoms with van der Waals surface area (Å²) < 4.78 is 6.85. The molecule has 0 spiro atoms. The van der Waals surface area contributed by atoms with Crippen LogP contribution in [0.4, 0.5) is 0 Å². The molecule has 0 fully saturated rings. The van der Waals surface area contributed by atoms with Gasteiger partial charge in [-0.2, -0.15) is 0 Å². The van der Waals surface area contributed by atoms with Gasteiger partial charge in [-0.05, 0) is 46.2 Å². The van der Waals surface area contributed by atoms with Crippen molar-refractivity contribution in [3.05, 3.63) is 85.1 Å². The van der Waals surface area contributed by atoms with Gasteiger partial charge in [0.2, 0.25) is 5.12 Å². The second kappa shape index (κ2) is 9.07. The Balaban J connectivity index is 2.02. The van der Waals surface area contributed by atoms with Crippen LogP contribution in [0.25, 0.3) is 0 Å². The Bertz CT molecular complexity index is 888. The van der Waals surface area contributed by atoms with Gasteiger partial charge in [-0.25, -0.2) is 4.98 Å². The van der Waals surface area contributed by atoms with Crippen LogP contribution >= 0.6 is 11.8 Å². The van der Waals surface area contributed by atoms with E-state index in [0.29, 0.717) is 5.03 Å². The molecular weight excluding hydrogens is 394 g/mol. The SMILES string of the molecule is CC(O[Si](c1ccccc1)(c1ccccc1)C(C)(C)C)C(=O)Sc1ccccn1. The Labute approximate surface area is 178 Å². The number of pyridine rings is 1. The Morgan fingerprint density at radius 1 is 0.897 bits per heavy atom. The van der Waals surface area contributed by atoms with Crippen LogP contribution in [0, 0.1) is 0 Å². The lowest BCUT2D eigenvalue weighted by molar-refractivity contribution is -0.116. The lowest BCUT2D eigenvalue weighted by Gasteiger charge is -2.44. The first-order valence-electron chi connectivity index (χ1n) is 9.76. The number of carbonyl (C=O) groups is 1. The summed E-state index contributed by atoms with van der Waals surface area (Å²) in [5.74, 6) is 0. The van der Waals surface area contributed by atoms with Gasteiger partial charge in [0.15, 0.2) is 0 Å². The molecule has 0 aliphatic heterocycles. The largest absolute Gasteiger partial charge is 0.397 e. The van der Waals surface area contributed by atoms with E-state index in [0.717, 1.165) is 11.8 Å². The van der Waals surface area contributed by atoms with Crippen molar-refractivity contribution in [1.29, 1.82) is 0 Å². The van der Waals surface area contributed by atoms with Crippen LogP contribution in [0.2, 0.25) is 5.04 Å². The molecule has 0 aliphatic carbocycles. The number of benzene rings is 2. The molecule has 0 saturated heterocycles. The number of hydrogen-bond donors (Lipinski definition) is 0.